The van der Waals surface area contributed by atoms with Crippen LogP contribution in [0, 0.1) is 11.3 Å². The summed E-state index contributed by atoms with van der Waals surface area (Å²) in [6.07, 6.45) is -2.21. The topological polar surface area (TPSA) is 64.3 Å². The lowest BCUT2D eigenvalue weighted by Gasteiger charge is -2.40. The fourth-order valence-electron chi connectivity index (χ4n) is 4.46. The standard InChI is InChI=1S/C25H27F3N2O2/c1-3-30(21-13-15-24(17-29,16-14-21)20-7-5-4-6-8-20)22(31)18-9-11-19(12-10-18)23(2,32)25(26,27)28/h4-12,21,32H,3,13-16H2,1-2H3/t21?,23-,24?/m0/s1. The largest absolute Gasteiger partial charge is 0.421 e. The van der Waals surface area contributed by atoms with Crippen molar-refractivity contribution in [2.75, 3.05) is 6.54 Å². The minimum absolute atomic E-state index is 0.0457. The molecular weight excluding hydrogens is 417 g/mol. The Morgan fingerprint density at radius 1 is 1.12 bits per heavy atom. The van der Waals surface area contributed by atoms with Gasteiger partial charge in [-0.25, -0.2) is 0 Å². The molecule has 0 spiro atoms. The minimum Gasteiger partial charge on any atom is -0.376 e. The van der Waals surface area contributed by atoms with Crippen molar-refractivity contribution in [3.05, 3.63) is 71.3 Å². The number of rotatable bonds is 5. The first kappa shape index (κ1) is 23.8. The first-order valence-electron chi connectivity index (χ1n) is 10.7. The average Bonchev–Trinajstić information content (AvgIpc) is 2.80. The molecule has 3 rings (SSSR count). The van der Waals surface area contributed by atoms with Crippen LogP contribution in [0.1, 0.15) is 61.0 Å². The zero-order valence-corrected chi connectivity index (χ0v) is 18.2. The summed E-state index contributed by atoms with van der Waals surface area (Å²) in [5.74, 6) is -0.264. The molecule has 0 unspecified atom stereocenters. The van der Waals surface area contributed by atoms with Crippen LogP contribution in [0.3, 0.4) is 0 Å². The molecule has 1 aliphatic carbocycles. The highest BCUT2D eigenvalue weighted by molar-refractivity contribution is 5.94. The molecule has 7 heteroatoms. The monoisotopic (exact) mass is 444 g/mol. The fourth-order valence-corrected chi connectivity index (χ4v) is 4.46. The highest BCUT2D eigenvalue weighted by Gasteiger charge is 2.51. The van der Waals surface area contributed by atoms with E-state index in [9.17, 15) is 28.3 Å². The van der Waals surface area contributed by atoms with Gasteiger partial charge in [0.25, 0.3) is 5.91 Å². The number of nitriles is 1. The van der Waals surface area contributed by atoms with Gasteiger partial charge in [0.1, 0.15) is 0 Å². The average molecular weight is 444 g/mol. The van der Waals surface area contributed by atoms with E-state index in [0.717, 1.165) is 17.7 Å². The zero-order chi connectivity index (χ0) is 23.6. The highest BCUT2D eigenvalue weighted by atomic mass is 19.4. The summed E-state index contributed by atoms with van der Waals surface area (Å²) in [5.41, 5.74) is -2.61. The summed E-state index contributed by atoms with van der Waals surface area (Å²) in [7, 11) is 0. The molecule has 0 bridgehead atoms. The molecule has 0 saturated heterocycles. The Labute approximate surface area is 186 Å². The van der Waals surface area contributed by atoms with Crippen LogP contribution in [0.2, 0.25) is 0 Å². The van der Waals surface area contributed by atoms with Gasteiger partial charge in [0, 0.05) is 18.2 Å². The summed E-state index contributed by atoms with van der Waals surface area (Å²) in [6, 6.07) is 17.1. The van der Waals surface area contributed by atoms with E-state index in [2.05, 4.69) is 6.07 Å². The number of halogens is 3. The molecule has 0 aliphatic heterocycles. The molecule has 170 valence electrons. The molecule has 1 amide bonds. The van der Waals surface area contributed by atoms with Crippen molar-refractivity contribution in [3.63, 3.8) is 0 Å². The Balaban J connectivity index is 1.74. The third-order valence-corrected chi connectivity index (χ3v) is 6.64. The third kappa shape index (κ3) is 4.37. The maximum atomic E-state index is 13.1. The molecule has 1 atom stereocenters. The van der Waals surface area contributed by atoms with Crippen LogP contribution in [-0.2, 0) is 11.0 Å². The third-order valence-electron chi connectivity index (χ3n) is 6.64. The zero-order valence-electron chi connectivity index (χ0n) is 18.2. The van der Waals surface area contributed by atoms with Crippen LogP contribution in [0.25, 0.3) is 0 Å². The van der Waals surface area contributed by atoms with Crippen molar-refractivity contribution in [1.82, 2.24) is 4.90 Å². The summed E-state index contributed by atoms with van der Waals surface area (Å²) >= 11 is 0. The second-order valence-corrected chi connectivity index (χ2v) is 8.53. The van der Waals surface area contributed by atoms with Gasteiger partial charge in [-0.1, -0.05) is 42.5 Å². The van der Waals surface area contributed by atoms with Gasteiger partial charge in [-0.2, -0.15) is 18.4 Å². The maximum absolute atomic E-state index is 13.1. The second kappa shape index (κ2) is 8.95. The number of hydrogen-bond acceptors (Lipinski definition) is 3. The SMILES string of the molecule is CCN(C(=O)c1ccc([C@](C)(O)C(F)(F)F)cc1)C1CCC(C#N)(c2ccccc2)CC1. The second-order valence-electron chi connectivity index (χ2n) is 8.53. The smallest absolute Gasteiger partial charge is 0.376 e. The highest BCUT2D eigenvalue weighted by Crippen LogP contribution is 2.41. The lowest BCUT2D eigenvalue weighted by molar-refractivity contribution is -0.258. The number of nitrogens with zero attached hydrogens (tertiary/aromatic N) is 2. The van der Waals surface area contributed by atoms with Crippen molar-refractivity contribution in [1.29, 1.82) is 5.26 Å². The lowest BCUT2D eigenvalue weighted by atomic mass is 9.69. The summed E-state index contributed by atoms with van der Waals surface area (Å²) in [5, 5.41) is 19.7. The van der Waals surface area contributed by atoms with Crippen molar-refractivity contribution in [3.8, 4) is 6.07 Å². The van der Waals surface area contributed by atoms with Gasteiger partial charge in [-0.05, 0) is 62.8 Å². The van der Waals surface area contributed by atoms with Gasteiger partial charge in [-0.15, -0.1) is 0 Å². The van der Waals surface area contributed by atoms with Crippen LogP contribution in [0.5, 0.6) is 0 Å². The van der Waals surface area contributed by atoms with Crippen LogP contribution in [0.4, 0.5) is 13.2 Å². The first-order valence-corrected chi connectivity index (χ1v) is 10.7. The first-order chi connectivity index (χ1) is 15.1. The van der Waals surface area contributed by atoms with Gasteiger partial charge in [0.15, 0.2) is 5.60 Å². The summed E-state index contributed by atoms with van der Waals surface area (Å²) in [4.78, 5) is 14.8. The quantitative estimate of drug-likeness (QED) is 0.679. The van der Waals surface area contributed by atoms with E-state index in [1.54, 1.807) is 4.90 Å². The van der Waals surface area contributed by atoms with E-state index in [1.807, 2.05) is 37.3 Å². The Kier molecular flexibility index (Phi) is 6.66. The molecule has 0 radical (unpaired) electrons. The summed E-state index contributed by atoms with van der Waals surface area (Å²) in [6.45, 7) is 3.01. The lowest BCUT2D eigenvalue weighted by Crippen LogP contribution is -2.45. The number of amides is 1. The van der Waals surface area contributed by atoms with E-state index in [-0.39, 0.29) is 23.1 Å². The van der Waals surface area contributed by atoms with E-state index in [4.69, 9.17) is 0 Å². The molecular formula is C25H27F3N2O2. The van der Waals surface area contributed by atoms with Crippen LogP contribution in [0.15, 0.2) is 54.6 Å². The van der Waals surface area contributed by atoms with Crippen molar-refractivity contribution < 1.29 is 23.1 Å². The van der Waals surface area contributed by atoms with Gasteiger partial charge < -0.3 is 10.0 Å². The Morgan fingerprint density at radius 2 is 1.69 bits per heavy atom. The van der Waals surface area contributed by atoms with Crippen molar-refractivity contribution >= 4 is 5.91 Å². The molecule has 2 aromatic carbocycles. The Morgan fingerprint density at radius 3 is 2.16 bits per heavy atom. The maximum Gasteiger partial charge on any atom is 0.421 e. The molecule has 1 saturated carbocycles. The Hall–Kier alpha value is -2.85. The number of alkyl halides is 3. The predicted octanol–water partition coefficient (Wildman–Crippen LogP) is 5.32. The van der Waals surface area contributed by atoms with Crippen LogP contribution >= 0.6 is 0 Å². The molecule has 0 aromatic heterocycles. The van der Waals surface area contributed by atoms with E-state index in [1.165, 1.54) is 12.1 Å². The Bertz CT molecular complexity index is 971. The minimum atomic E-state index is -4.82. The number of benzene rings is 2. The van der Waals surface area contributed by atoms with Crippen LogP contribution in [-0.4, -0.2) is 34.7 Å². The van der Waals surface area contributed by atoms with E-state index in [0.29, 0.717) is 39.2 Å². The molecule has 4 nitrogen and oxygen atoms in total. The van der Waals surface area contributed by atoms with Gasteiger partial charge in [-0.3, -0.25) is 4.79 Å². The van der Waals surface area contributed by atoms with E-state index >= 15 is 0 Å². The predicted molar refractivity (Wildman–Crippen MR) is 115 cm³/mol. The fraction of sp³-hybridized carbons (Fsp3) is 0.440. The summed E-state index contributed by atoms with van der Waals surface area (Å²) < 4.78 is 39.2. The van der Waals surface area contributed by atoms with Crippen molar-refractivity contribution in [2.45, 2.75) is 62.8 Å². The number of aliphatic hydroxyl groups is 1. The molecule has 1 N–H and O–H groups in total. The number of carbonyl (C=O) groups excluding carboxylic acids is 1. The molecule has 1 fully saturated rings. The van der Waals surface area contributed by atoms with Gasteiger partial charge in [0.2, 0.25) is 0 Å². The molecule has 0 heterocycles. The number of hydrogen-bond donors (Lipinski definition) is 1. The van der Waals surface area contributed by atoms with E-state index < -0.39 is 17.2 Å². The van der Waals surface area contributed by atoms with Gasteiger partial charge in [0.05, 0.1) is 11.5 Å². The molecule has 1 aliphatic rings. The molecule has 32 heavy (non-hydrogen) atoms. The molecule has 2 aromatic rings. The number of carbonyl (C=O) groups is 1. The van der Waals surface area contributed by atoms with Gasteiger partial charge >= 0.3 is 6.18 Å². The van der Waals surface area contributed by atoms with Crippen molar-refractivity contribution in [2.24, 2.45) is 0 Å². The normalized spacial score (nSPS) is 23.1. The van der Waals surface area contributed by atoms with Crippen LogP contribution < -0.4 is 0 Å².